The lowest BCUT2D eigenvalue weighted by Crippen LogP contribution is -2.21. The first-order chi connectivity index (χ1) is 9.02. The summed E-state index contributed by atoms with van der Waals surface area (Å²) in [4.78, 5) is 2.32. The van der Waals surface area contributed by atoms with Crippen molar-refractivity contribution in [2.45, 2.75) is 59.3 Å². The number of nitrogens with zero attached hydrogens (tertiary/aromatic N) is 1. The Labute approximate surface area is 121 Å². The van der Waals surface area contributed by atoms with E-state index in [9.17, 15) is 0 Å². The second-order valence-electron chi connectivity index (χ2n) is 5.83. The van der Waals surface area contributed by atoms with Crippen molar-refractivity contribution in [1.29, 1.82) is 0 Å². The minimum atomic E-state index is 0.859. The third-order valence-electron chi connectivity index (χ3n) is 3.71. The molecule has 112 valence electrons. The normalized spacial score (nSPS) is 12.3. The Kier molecular flexibility index (Phi) is 10.4. The number of unbranched alkanes of at least 4 members (excludes halogenated alkanes) is 4. The van der Waals surface area contributed by atoms with E-state index in [-0.39, 0.29) is 0 Å². The zero-order chi connectivity index (χ0) is 14.7. The highest BCUT2D eigenvalue weighted by Crippen LogP contribution is 2.12. The highest BCUT2D eigenvalue weighted by atomic mass is 15.1. The topological polar surface area (TPSA) is 15.3 Å². The molecule has 0 aromatic rings. The van der Waals surface area contributed by atoms with Crippen LogP contribution in [0.15, 0.2) is 24.0 Å². The quantitative estimate of drug-likeness (QED) is 0.436. The maximum atomic E-state index is 3.83. The Morgan fingerprint density at radius 1 is 1.16 bits per heavy atom. The van der Waals surface area contributed by atoms with Crippen LogP contribution in [0.4, 0.5) is 0 Å². The summed E-state index contributed by atoms with van der Waals surface area (Å²) < 4.78 is 0. The first-order valence-electron chi connectivity index (χ1n) is 7.75. The molecule has 0 atom stereocenters. The Bertz CT molecular complexity index is 266. The summed E-state index contributed by atoms with van der Waals surface area (Å²) in [6.07, 6.45) is 10.1. The van der Waals surface area contributed by atoms with Gasteiger partial charge < -0.3 is 10.2 Å². The van der Waals surface area contributed by atoms with Gasteiger partial charge in [0.15, 0.2) is 0 Å². The van der Waals surface area contributed by atoms with Crippen LogP contribution in [-0.4, -0.2) is 25.5 Å². The highest BCUT2D eigenvalue weighted by molar-refractivity contribution is 5.19. The van der Waals surface area contributed by atoms with Crippen LogP contribution in [0.3, 0.4) is 0 Å². The molecule has 0 aliphatic heterocycles. The van der Waals surface area contributed by atoms with Crippen LogP contribution in [0.25, 0.3) is 0 Å². The molecule has 0 rings (SSSR count). The second kappa shape index (κ2) is 11.0. The van der Waals surface area contributed by atoms with Gasteiger partial charge in [0.05, 0.1) is 5.70 Å². The largest absolute Gasteiger partial charge is 0.387 e. The van der Waals surface area contributed by atoms with Gasteiger partial charge in [0.25, 0.3) is 0 Å². The summed E-state index contributed by atoms with van der Waals surface area (Å²) in [5.41, 5.74) is 2.40. The second-order valence-corrected chi connectivity index (χ2v) is 5.83. The molecular formula is C17H34N2. The van der Waals surface area contributed by atoms with Gasteiger partial charge in [0.2, 0.25) is 0 Å². The van der Waals surface area contributed by atoms with Crippen molar-refractivity contribution in [3.8, 4) is 0 Å². The van der Waals surface area contributed by atoms with Crippen molar-refractivity contribution < 1.29 is 0 Å². The lowest BCUT2D eigenvalue weighted by Gasteiger charge is -2.22. The maximum absolute atomic E-state index is 3.83. The average Bonchev–Trinajstić information content (AvgIpc) is 2.38. The fourth-order valence-electron chi connectivity index (χ4n) is 2.24. The van der Waals surface area contributed by atoms with E-state index in [2.05, 4.69) is 44.6 Å². The Balaban J connectivity index is 3.72. The van der Waals surface area contributed by atoms with Gasteiger partial charge in [0, 0.05) is 26.3 Å². The molecular weight excluding hydrogens is 232 g/mol. The molecule has 0 bridgehead atoms. The molecule has 19 heavy (non-hydrogen) atoms. The number of likely N-dealkylation sites (N-methyl/N-ethyl adjacent to an activating group) is 1. The van der Waals surface area contributed by atoms with Crippen LogP contribution in [0.1, 0.15) is 59.3 Å². The molecule has 0 aliphatic rings. The van der Waals surface area contributed by atoms with Crippen molar-refractivity contribution in [3.63, 3.8) is 0 Å². The molecule has 0 spiro atoms. The molecule has 0 saturated carbocycles. The minimum Gasteiger partial charge on any atom is -0.387 e. The molecule has 2 nitrogen and oxygen atoms in total. The SMILES string of the molecule is C=C/C(NC)=C(\C)N(C)CCCCCCCC(C)C. The van der Waals surface area contributed by atoms with Crippen molar-refractivity contribution in [1.82, 2.24) is 10.2 Å². The molecule has 0 aliphatic carbocycles. The number of hydrogen-bond donors (Lipinski definition) is 1. The highest BCUT2D eigenvalue weighted by Gasteiger charge is 2.03. The van der Waals surface area contributed by atoms with E-state index in [1.165, 1.54) is 44.2 Å². The van der Waals surface area contributed by atoms with Gasteiger partial charge in [-0.1, -0.05) is 52.5 Å². The number of allylic oxidation sites excluding steroid dienone is 2. The summed E-state index contributed by atoms with van der Waals surface area (Å²) in [6, 6.07) is 0. The third-order valence-corrected chi connectivity index (χ3v) is 3.71. The van der Waals surface area contributed by atoms with Crippen LogP contribution in [0.2, 0.25) is 0 Å². The van der Waals surface area contributed by atoms with E-state index in [0.29, 0.717) is 0 Å². The van der Waals surface area contributed by atoms with Crippen molar-refractivity contribution >= 4 is 0 Å². The van der Waals surface area contributed by atoms with Gasteiger partial charge in [-0.2, -0.15) is 0 Å². The molecule has 0 heterocycles. The van der Waals surface area contributed by atoms with E-state index >= 15 is 0 Å². The van der Waals surface area contributed by atoms with E-state index in [1.54, 1.807) is 0 Å². The summed E-state index contributed by atoms with van der Waals surface area (Å²) in [5.74, 6) is 0.859. The van der Waals surface area contributed by atoms with Gasteiger partial charge in [-0.05, 0) is 25.3 Å². The summed E-state index contributed by atoms with van der Waals surface area (Å²) in [6.45, 7) is 11.7. The van der Waals surface area contributed by atoms with Gasteiger partial charge >= 0.3 is 0 Å². The van der Waals surface area contributed by atoms with Crippen LogP contribution in [0, 0.1) is 5.92 Å². The molecule has 0 aromatic carbocycles. The molecule has 0 saturated heterocycles. The summed E-state index contributed by atoms with van der Waals surface area (Å²) in [7, 11) is 4.11. The van der Waals surface area contributed by atoms with Gasteiger partial charge in [-0.25, -0.2) is 0 Å². The Hall–Kier alpha value is -0.920. The van der Waals surface area contributed by atoms with Crippen molar-refractivity contribution in [3.05, 3.63) is 24.0 Å². The van der Waals surface area contributed by atoms with Crippen LogP contribution in [-0.2, 0) is 0 Å². The standard InChI is InChI=1S/C17H34N2/c1-7-17(18-5)16(4)19(6)14-12-10-8-9-11-13-15(2)3/h7,15,18H,1,8-14H2,2-6H3/b17-16-. The Morgan fingerprint density at radius 2 is 1.74 bits per heavy atom. The van der Waals surface area contributed by atoms with Crippen LogP contribution in [0.5, 0.6) is 0 Å². The van der Waals surface area contributed by atoms with Gasteiger partial charge in [-0.15, -0.1) is 0 Å². The van der Waals surface area contributed by atoms with Gasteiger partial charge in [0.1, 0.15) is 0 Å². The first-order valence-corrected chi connectivity index (χ1v) is 7.75. The zero-order valence-corrected chi connectivity index (χ0v) is 13.8. The molecule has 0 unspecified atom stereocenters. The van der Waals surface area contributed by atoms with Crippen LogP contribution < -0.4 is 5.32 Å². The molecule has 0 aromatic heterocycles. The maximum Gasteiger partial charge on any atom is 0.0523 e. The molecule has 0 fully saturated rings. The predicted octanol–water partition coefficient (Wildman–Crippen LogP) is 4.55. The lowest BCUT2D eigenvalue weighted by molar-refractivity contribution is 0.392. The fraction of sp³-hybridized carbons (Fsp3) is 0.765. The van der Waals surface area contributed by atoms with Crippen molar-refractivity contribution in [2.24, 2.45) is 5.92 Å². The summed E-state index contributed by atoms with van der Waals surface area (Å²) >= 11 is 0. The lowest BCUT2D eigenvalue weighted by atomic mass is 10.0. The number of rotatable bonds is 11. The first kappa shape index (κ1) is 18.1. The third kappa shape index (κ3) is 8.74. The molecule has 2 heteroatoms. The van der Waals surface area contributed by atoms with Gasteiger partial charge in [-0.3, -0.25) is 0 Å². The molecule has 1 N–H and O–H groups in total. The fourth-order valence-corrected chi connectivity index (χ4v) is 2.24. The van der Waals surface area contributed by atoms with Crippen molar-refractivity contribution in [2.75, 3.05) is 20.6 Å². The smallest absolute Gasteiger partial charge is 0.0523 e. The molecule has 0 radical (unpaired) electrons. The number of nitrogens with one attached hydrogen (secondary N) is 1. The zero-order valence-electron chi connectivity index (χ0n) is 13.8. The van der Waals surface area contributed by atoms with Crippen LogP contribution >= 0.6 is 0 Å². The Morgan fingerprint density at radius 3 is 2.26 bits per heavy atom. The summed E-state index contributed by atoms with van der Waals surface area (Å²) in [5, 5.41) is 3.18. The van der Waals surface area contributed by atoms with E-state index in [1.807, 2.05) is 13.1 Å². The predicted molar refractivity (Wildman–Crippen MR) is 87.1 cm³/mol. The average molecular weight is 266 g/mol. The van der Waals surface area contributed by atoms with E-state index < -0.39 is 0 Å². The molecule has 0 amide bonds. The monoisotopic (exact) mass is 266 g/mol. The minimum absolute atomic E-state index is 0.859. The van der Waals surface area contributed by atoms with E-state index in [0.717, 1.165) is 18.2 Å². The number of hydrogen-bond acceptors (Lipinski definition) is 2. The van der Waals surface area contributed by atoms with E-state index in [4.69, 9.17) is 0 Å².